The first-order valence-corrected chi connectivity index (χ1v) is 4.87. The fourth-order valence-corrected chi connectivity index (χ4v) is 1.05. The van der Waals surface area contributed by atoms with Crippen LogP contribution in [-0.4, -0.2) is 49.1 Å². The van der Waals surface area contributed by atoms with Crippen LogP contribution in [0.5, 0.6) is 0 Å². The average Bonchev–Trinajstić information content (AvgIpc) is 2.17. The van der Waals surface area contributed by atoms with Gasteiger partial charge in [0.05, 0.1) is 0 Å². The lowest BCUT2D eigenvalue weighted by Crippen LogP contribution is -2.41. The van der Waals surface area contributed by atoms with Gasteiger partial charge in [-0.3, -0.25) is 0 Å². The van der Waals surface area contributed by atoms with Gasteiger partial charge in [-0.05, 0) is 26.8 Å². The number of carbonyl (C=O) groups excluding carboxylic acids is 1. The third kappa shape index (κ3) is 4.12. The van der Waals surface area contributed by atoms with Crippen molar-refractivity contribution in [2.75, 3.05) is 33.2 Å². The minimum absolute atomic E-state index is 0.0958. The lowest BCUT2D eigenvalue weighted by molar-refractivity contribution is 0.167. The molecule has 0 aliphatic rings. The van der Waals surface area contributed by atoms with Crippen LogP contribution in [0, 0.1) is 0 Å². The van der Waals surface area contributed by atoms with Crippen LogP contribution >= 0.6 is 0 Å². The number of rotatable bonds is 5. The molecule has 0 saturated heterocycles. The third-order valence-electron chi connectivity index (χ3n) is 2.09. The third-order valence-corrected chi connectivity index (χ3v) is 2.09. The van der Waals surface area contributed by atoms with Gasteiger partial charge < -0.3 is 15.5 Å². The molecule has 0 radical (unpaired) electrons. The molecule has 0 bridgehead atoms. The second-order valence-corrected chi connectivity index (χ2v) is 3.02. The number of hydrogen-bond donors (Lipinski definition) is 1. The molecular weight excluding hydrogens is 166 g/mol. The molecule has 2 amide bonds. The maximum atomic E-state index is 11.6. The highest BCUT2D eigenvalue weighted by atomic mass is 16.2. The molecule has 0 fully saturated rings. The van der Waals surface area contributed by atoms with Gasteiger partial charge in [0.25, 0.3) is 0 Å². The Morgan fingerprint density at radius 2 is 1.92 bits per heavy atom. The summed E-state index contributed by atoms with van der Waals surface area (Å²) in [5, 5.41) is 0. The SMILES string of the molecule is CCN(C)C(=O)N(CC)CCCN. The Hall–Kier alpha value is -0.770. The highest BCUT2D eigenvalue weighted by molar-refractivity contribution is 5.74. The number of amides is 2. The number of urea groups is 1. The van der Waals surface area contributed by atoms with Crippen LogP contribution in [0.4, 0.5) is 4.79 Å². The first-order chi connectivity index (χ1) is 6.17. The van der Waals surface area contributed by atoms with Crippen molar-refractivity contribution in [2.45, 2.75) is 20.3 Å². The fraction of sp³-hybridized carbons (Fsp3) is 0.889. The molecule has 13 heavy (non-hydrogen) atoms. The molecule has 0 saturated carbocycles. The Kier molecular flexibility index (Phi) is 6.32. The van der Waals surface area contributed by atoms with Crippen molar-refractivity contribution in [1.82, 2.24) is 9.80 Å². The zero-order chi connectivity index (χ0) is 10.3. The van der Waals surface area contributed by atoms with E-state index in [1.54, 1.807) is 4.90 Å². The molecule has 0 unspecified atom stereocenters. The van der Waals surface area contributed by atoms with E-state index < -0.39 is 0 Å². The standard InChI is InChI=1S/C9H21N3O/c1-4-11(3)9(13)12(5-2)8-6-7-10/h4-8,10H2,1-3H3. The summed E-state index contributed by atoms with van der Waals surface area (Å²) in [5.74, 6) is 0. The number of hydrogen-bond acceptors (Lipinski definition) is 2. The summed E-state index contributed by atoms with van der Waals surface area (Å²) < 4.78 is 0. The molecule has 2 N–H and O–H groups in total. The van der Waals surface area contributed by atoms with Crippen molar-refractivity contribution in [3.05, 3.63) is 0 Å². The lowest BCUT2D eigenvalue weighted by atomic mass is 10.4. The van der Waals surface area contributed by atoms with E-state index in [4.69, 9.17) is 5.73 Å². The molecule has 0 atom stereocenters. The zero-order valence-corrected chi connectivity index (χ0v) is 8.92. The van der Waals surface area contributed by atoms with Crippen LogP contribution in [0.15, 0.2) is 0 Å². The number of nitrogens with two attached hydrogens (primary N) is 1. The van der Waals surface area contributed by atoms with Gasteiger partial charge in [0.1, 0.15) is 0 Å². The van der Waals surface area contributed by atoms with Crippen LogP contribution in [0.25, 0.3) is 0 Å². The molecular formula is C9H21N3O. The minimum Gasteiger partial charge on any atom is -0.330 e. The summed E-state index contributed by atoms with van der Waals surface area (Å²) in [6, 6.07) is 0.0958. The summed E-state index contributed by atoms with van der Waals surface area (Å²) >= 11 is 0. The maximum absolute atomic E-state index is 11.6. The van der Waals surface area contributed by atoms with Gasteiger partial charge in [-0.25, -0.2) is 4.79 Å². The first kappa shape index (κ1) is 12.2. The van der Waals surface area contributed by atoms with E-state index >= 15 is 0 Å². The summed E-state index contributed by atoms with van der Waals surface area (Å²) in [7, 11) is 1.81. The quantitative estimate of drug-likeness (QED) is 0.689. The largest absolute Gasteiger partial charge is 0.330 e. The second-order valence-electron chi connectivity index (χ2n) is 3.02. The monoisotopic (exact) mass is 187 g/mol. The molecule has 0 spiro atoms. The van der Waals surface area contributed by atoms with E-state index in [9.17, 15) is 4.79 Å². The fourth-order valence-electron chi connectivity index (χ4n) is 1.05. The maximum Gasteiger partial charge on any atom is 0.319 e. The lowest BCUT2D eigenvalue weighted by Gasteiger charge is -2.26. The minimum atomic E-state index is 0.0958. The Morgan fingerprint density at radius 1 is 1.31 bits per heavy atom. The van der Waals surface area contributed by atoms with Crippen molar-refractivity contribution < 1.29 is 4.79 Å². The summed E-state index contributed by atoms with van der Waals surface area (Å²) in [6.07, 6.45) is 0.872. The smallest absolute Gasteiger partial charge is 0.319 e. The van der Waals surface area contributed by atoms with Crippen LogP contribution in [0.3, 0.4) is 0 Å². The molecule has 0 aliphatic carbocycles. The highest BCUT2D eigenvalue weighted by Crippen LogP contribution is 1.97. The van der Waals surface area contributed by atoms with Gasteiger partial charge in [-0.2, -0.15) is 0 Å². The predicted molar refractivity (Wildman–Crippen MR) is 54.6 cm³/mol. The molecule has 0 aliphatic heterocycles. The van der Waals surface area contributed by atoms with Crippen LogP contribution < -0.4 is 5.73 Å². The van der Waals surface area contributed by atoms with Crippen molar-refractivity contribution in [1.29, 1.82) is 0 Å². The van der Waals surface area contributed by atoms with E-state index in [-0.39, 0.29) is 6.03 Å². The van der Waals surface area contributed by atoms with Crippen LogP contribution in [0.1, 0.15) is 20.3 Å². The second kappa shape index (κ2) is 6.71. The highest BCUT2D eigenvalue weighted by Gasteiger charge is 2.13. The van der Waals surface area contributed by atoms with Gasteiger partial charge in [0.15, 0.2) is 0 Å². The molecule has 0 aromatic heterocycles. The van der Waals surface area contributed by atoms with Crippen molar-refractivity contribution >= 4 is 6.03 Å². The Morgan fingerprint density at radius 3 is 2.31 bits per heavy atom. The van der Waals surface area contributed by atoms with Crippen molar-refractivity contribution in [3.8, 4) is 0 Å². The zero-order valence-electron chi connectivity index (χ0n) is 8.92. The van der Waals surface area contributed by atoms with Gasteiger partial charge >= 0.3 is 6.03 Å². The average molecular weight is 187 g/mol. The molecule has 4 heteroatoms. The molecule has 0 aromatic carbocycles. The van der Waals surface area contributed by atoms with Crippen molar-refractivity contribution in [3.63, 3.8) is 0 Å². The molecule has 0 aromatic rings. The number of carbonyl (C=O) groups is 1. The Labute approximate surface area is 80.7 Å². The summed E-state index contributed by atoms with van der Waals surface area (Å²) in [4.78, 5) is 15.1. The van der Waals surface area contributed by atoms with Crippen molar-refractivity contribution in [2.24, 2.45) is 5.73 Å². The topological polar surface area (TPSA) is 49.6 Å². The first-order valence-electron chi connectivity index (χ1n) is 4.87. The molecule has 0 heterocycles. The Balaban J connectivity index is 3.98. The van der Waals surface area contributed by atoms with Crippen LogP contribution in [-0.2, 0) is 0 Å². The van der Waals surface area contributed by atoms with E-state index in [0.29, 0.717) is 6.54 Å². The van der Waals surface area contributed by atoms with E-state index in [1.165, 1.54) is 0 Å². The molecule has 78 valence electrons. The Bertz CT molecular complexity index is 150. The molecule has 4 nitrogen and oxygen atoms in total. The van der Waals surface area contributed by atoms with E-state index in [1.807, 2.05) is 25.8 Å². The summed E-state index contributed by atoms with van der Waals surface area (Å²) in [6.45, 7) is 6.85. The number of nitrogens with zero attached hydrogens (tertiary/aromatic N) is 2. The van der Waals surface area contributed by atoms with Gasteiger partial charge in [0, 0.05) is 26.7 Å². The summed E-state index contributed by atoms with van der Waals surface area (Å²) in [5.41, 5.74) is 5.39. The van der Waals surface area contributed by atoms with Gasteiger partial charge in [0.2, 0.25) is 0 Å². The van der Waals surface area contributed by atoms with Crippen LogP contribution in [0.2, 0.25) is 0 Å². The predicted octanol–water partition coefficient (Wildman–Crippen LogP) is 0.729. The normalized spacial score (nSPS) is 9.85. The van der Waals surface area contributed by atoms with Gasteiger partial charge in [-0.1, -0.05) is 0 Å². The molecule has 0 rings (SSSR count). The van der Waals surface area contributed by atoms with E-state index in [0.717, 1.165) is 26.1 Å². The van der Waals surface area contributed by atoms with Gasteiger partial charge in [-0.15, -0.1) is 0 Å². The van der Waals surface area contributed by atoms with E-state index in [2.05, 4.69) is 0 Å².